The van der Waals surface area contributed by atoms with Crippen LogP contribution in [-0.4, -0.2) is 13.7 Å². The fourth-order valence-corrected chi connectivity index (χ4v) is 0.360. The van der Waals surface area contributed by atoms with Crippen LogP contribution in [0.2, 0.25) is 0 Å². The van der Waals surface area contributed by atoms with E-state index in [1.54, 1.807) is 0 Å². The standard InChI is InChI=1S/C4H6NO2/c1-6-4-2-3-5-7-4/h5H,3H2,1H3. The second-order valence-corrected chi connectivity index (χ2v) is 1.09. The minimum absolute atomic E-state index is 0.431. The molecule has 0 amide bonds. The number of hydroxylamine groups is 1. The van der Waals surface area contributed by atoms with E-state index in [2.05, 4.69) is 21.1 Å². The average molecular weight is 100 g/mol. The van der Waals surface area contributed by atoms with Crippen molar-refractivity contribution < 1.29 is 9.57 Å². The van der Waals surface area contributed by atoms with E-state index in [0.717, 1.165) is 0 Å². The molecule has 39 valence electrons. The summed E-state index contributed by atoms with van der Waals surface area (Å²) in [7, 11) is 1.54. The summed E-state index contributed by atoms with van der Waals surface area (Å²) in [5.74, 6) is 0.431. The van der Waals surface area contributed by atoms with Crippen LogP contribution in [0, 0.1) is 6.08 Å². The van der Waals surface area contributed by atoms with Gasteiger partial charge in [0.2, 0.25) is 0 Å². The van der Waals surface area contributed by atoms with E-state index in [1.165, 1.54) is 7.11 Å². The van der Waals surface area contributed by atoms with Crippen molar-refractivity contribution in [3.05, 3.63) is 12.0 Å². The molecule has 1 radical (unpaired) electrons. The van der Waals surface area contributed by atoms with Crippen LogP contribution in [0.15, 0.2) is 5.95 Å². The molecule has 0 aromatic heterocycles. The molecule has 0 saturated carbocycles. The zero-order valence-corrected chi connectivity index (χ0v) is 4.02. The molecular formula is C4H6NO2. The fraction of sp³-hybridized carbons (Fsp3) is 0.500. The van der Waals surface area contributed by atoms with E-state index in [9.17, 15) is 0 Å². The van der Waals surface area contributed by atoms with Gasteiger partial charge in [-0.3, -0.25) is 0 Å². The van der Waals surface area contributed by atoms with E-state index < -0.39 is 0 Å². The molecule has 0 aliphatic carbocycles. The van der Waals surface area contributed by atoms with Gasteiger partial charge < -0.3 is 9.57 Å². The highest BCUT2D eigenvalue weighted by Crippen LogP contribution is 1.97. The molecule has 7 heavy (non-hydrogen) atoms. The first-order valence-corrected chi connectivity index (χ1v) is 1.98. The Balaban J connectivity index is 2.36. The van der Waals surface area contributed by atoms with Gasteiger partial charge in [-0.05, 0) is 0 Å². The number of ether oxygens (including phenoxy) is 1. The molecule has 0 aromatic carbocycles. The van der Waals surface area contributed by atoms with Gasteiger partial charge in [0.1, 0.15) is 0 Å². The molecular weight excluding hydrogens is 94.0 g/mol. The number of rotatable bonds is 1. The average Bonchev–Trinajstić information content (AvgIpc) is 2.14. The highest BCUT2D eigenvalue weighted by Gasteiger charge is 2.02. The Morgan fingerprint density at radius 1 is 2.00 bits per heavy atom. The monoisotopic (exact) mass is 100 g/mol. The van der Waals surface area contributed by atoms with Gasteiger partial charge in [-0.25, -0.2) is 0 Å². The van der Waals surface area contributed by atoms with E-state index in [4.69, 9.17) is 0 Å². The van der Waals surface area contributed by atoms with E-state index in [1.807, 2.05) is 0 Å². The SMILES string of the molecule is COC1=[C]CNO1. The highest BCUT2D eigenvalue weighted by molar-refractivity contribution is 4.79. The van der Waals surface area contributed by atoms with Crippen molar-refractivity contribution in [1.29, 1.82) is 0 Å². The Morgan fingerprint density at radius 3 is 3.14 bits per heavy atom. The Labute approximate surface area is 41.9 Å². The van der Waals surface area contributed by atoms with Gasteiger partial charge in [-0.2, -0.15) is 0 Å². The van der Waals surface area contributed by atoms with Gasteiger partial charge in [-0.1, -0.05) is 0 Å². The number of methoxy groups -OCH3 is 1. The van der Waals surface area contributed by atoms with Crippen LogP contribution in [0.25, 0.3) is 0 Å². The number of hydrogen-bond acceptors (Lipinski definition) is 3. The molecule has 1 aliphatic heterocycles. The molecule has 0 unspecified atom stereocenters. The first-order valence-electron chi connectivity index (χ1n) is 1.98. The van der Waals surface area contributed by atoms with Crippen molar-refractivity contribution in [1.82, 2.24) is 5.48 Å². The molecule has 1 aliphatic rings. The van der Waals surface area contributed by atoms with Crippen molar-refractivity contribution in [2.24, 2.45) is 0 Å². The molecule has 1 N–H and O–H groups in total. The molecule has 1 rings (SSSR count). The lowest BCUT2D eigenvalue weighted by Crippen LogP contribution is -2.05. The summed E-state index contributed by atoms with van der Waals surface area (Å²) in [6.07, 6.45) is 2.77. The summed E-state index contributed by atoms with van der Waals surface area (Å²) < 4.78 is 4.63. The third kappa shape index (κ3) is 0.838. The van der Waals surface area contributed by atoms with Crippen LogP contribution in [0.3, 0.4) is 0 Å². The number of hydrogen-bond donors (Lipinski definition) is 1. The lowest BCUT2D eigenvalue weighted by atomic mass is 10.6. The second kappa shape index (κ2) is 1.84. The molecule has 1 heterocycles. The lowest BCUT2D eigenvalue weighted by Gasteiger charge is -1.96. The third-order valence-corrected chi connectivity index (χ3v) is 0.655. The van der Waals surface area contributed by atoms with Crippen molar-refractivity contribution in [2.75, 3.05) is 13.7 Å². The molecule has 0 bridgehead atoms. The topological polar surface area (TPSA) is 30.5 Å². The predicted octanol–water partition coefficient (Wildman–Crippen LogP) is -0.188. The summed E-state index contributed by atoms with van der Waals surface area (Å²) in [6.45, 7) is 0.614. The van der Waals surface area contributed by atoms with Gasteiger partial charge in [0.25, 0.3) is 0 Å². The zero-order valence-electron chi connectivity index (χ0n) is 4.02. The van der Waals surface area contributed by atoms with Gasteiger partial charge in [0.15, 0.2) is 0 Å². The van der Waals surface area contributed by atoms with E-state index >= 15 is 0 Å². The predicted molar refractivity (Wildman–Crippen MR) is 22.9 cm³/mol. The summed E-state index contributed by atoms with van der Waals surface area (Å²) >= 11 is 0. The van der Waals surface area contributed by atoms with Gasteiger partial charge >= 0.3 is 5.95 Å². The van der Waals surface area contributed by atoms with Crippen molar-refractivity contribution >= 4 is 0 Å². The van der Waals surface area contributed by atoms with Crippen molar-refractivity contribution in [2.45, 2.75) is 0 Å². The van der Waals surface area contributed by atoms with Crippen LogP contribution in [-0.2, 0) is 9.57 Å². The van der Waals surface area contributed by atoms with E-state index in [-0.39, 0.29) is 0 Å². The maximum atomic E-state index is 4.64. The molecule has 3 nitrogen and oxygen atoms in total. The molecule has 0 fully saturated rings. The normalized spacial score (nSPS) is 18.1. The molecule has 0 spiro atoms. The van der Waals surface area contributed by atoms with Crippen molar-refractivity contribution in [3.63, 3.8) is 0 Å². The van der Waals surface area contributed by atoms with Crippen LogP contribution in [0.4, 0.5) is 0 Å². The largest absolute Gasteiger partial charge is 0.467 e. The van der Waals surface area contributed by atoms with Crippen LogP contribution in [0.5, 0.6) is 0 Å². The Kier molecular flexibility index (Phi) is 1.17. The van der Waals surface area contributed by atoms with Gasteiger partial charge in [0.05, 0.1) is 19.7 Å². The third-order valence-electron chi connectivity index (χ3n) is 0.655. The zero-order chi connectivity index (χ0) is 5.11. The summed E-state index contributed by atoms with van der Waals surface area (Å²) in [6, 6.07) is 0. The minimum Gasteiger partial charge on any atom is -0.467 e. The summed E-state index contributed by atoms with van der Waals surface area (Å²) in [5, 5.41) is 0. The number of nitrogens with one attached hydrogen (secondary N) is 1. The Hall–Kier alpha value is -0.700. The fourth-order valence-electron chi connectivity index (χ4n) is 0.360. The smallest absolute Gasteiger partial charge is 0.304 e. The van der Waals surface area contributed by atoms with Crippen LogP contribution in [0.1, 0.15) is 0 Å². The van der Waals surface area contributed by atoms with Gasteiger partial charge in [-0.15, -0.1) is 5.48 Å². The highest BCUT2D eigenvalue weighted by atomic mass is 16.8. The van der Waals surface area contributed by atoms with Crippen LogP contribution >= 0.6 is 0 Å². The minimum atomic E-state index is 0.431. The quantitative estimate of drug-likeness (QED) is 0.495. The lowest BCUT2D eigenvalue weighted by molar-refractivity contribution is 0.0267. The molecule has 0 saturated heterocycles. The first-order chi connectivity index (χ1) is 3.43. The van der Waals surface area contributed by atoms with Gasteiger partial charge in [0, 0.05) is 0 Å². The maximum absolute atomic E-state index is 4.64. The van der Waals surface area contributed by atoms with Crippen molar-refractivity contribution in [3.8, 4) is 0 Å². The maximum Gasteiger partial charge on any atom is 0.304 e. The molecule has 0 atom stereocenters. The summed E-state index contributed by atoms with van der Waals surface area (Å²) in [5.41, 5.74) is 2.55. The summed E-state index contributed by atoms with van der Waals surface area (Å²) in [4.78, 5) is 4.64. The molecule has 3 heteroatoms. The molecule has 0 aromatic rings. The van der Waals surface area contributed by atoms with E-state index in [0.29, 0.717) is 12.5 Å². The first kappa shape index (κ1) is 4.46. The Morgan fingerprint density at radius 2 is 2.86 bits per heavy atom. The second-order valence-electron chi connectivity index (χ2n) is 1.09. The van der Waals surface area contributed by atoms with Crippen LogP contribution < -0.4 is 5.48 Å². The Bertz CT molecular complexity index is 89.7.